The summed E-state index contributed by atoms with van der Waals surface area (Å²) in [4.78, 5) is 0. The monoisotopic (exact) mass is 136 g/mol. The number of allylic oxidation sites excluding steroid dienone is 2. The van der Waals surface area contributed by atoms with E-state index in [1.165, 1.54) is 37.7 Å². The first-order chi connectivity index (χ1) is 4.84. The molecule has 0 N–H and O–H groups in total. The standard InChI is InChI=1S/C10H16/c1-3-9(2)10-7-5-4-6-8-10/h3,10H,1-2,4-8H2. The maximum Gasteiger partial charge on any atom is -0.0168 e. The first kappa shape index (κ1) is 7.59. The summed E-state index contributed by atoms with van der Waals surface area (Å²) in [5.41, 5.74) is 1.25. The Bertz CT molecular complexity index is 127. The maximum atomic E-state index is 3.98. The van der Waals surface area contributed by atoms with Crippen molar-refractivity contribution in [1.29, 1.82) is 0 Å². The Kier molecular flexibility index (Phi) is 2.73. The van der Waals surface area contributed by atoms with E-state index < -0.39 is 0 Å². The van der Waals surface area contributed by atoms with Crippen molar-refractivity contribution in [2.45, 2.75) is 32.1 Å². The zero-order valence-corrected chi connectivity index (χ0v) is 6.60. The summed E-state index contributed by atoms with van der Waals surface area (Å²) in [6, 6.07) is 0. The molecule has 0 aromatic heterocycles. The fourth-order valence-corrected chi connectivity index (χ4v) is 1.64. The van der Waals surface area contributed by atoms with Gasteiger partial charge in [0.15, 0.2) is 0 Å². The number of hydrogen-bond acceptors (Lipinski definition) is 0. The second kappa shape index (κ2) is 3.60. The summed E-state index contributed by atoms with van der Waals surface area (Å²) in [6.45, 7) is 7.72. The van der Waals surface area contributed by atoms with Crippen molar-refractivity contribution < 1.29 is 0 Å². The Morgan fingerprint density at radius 3 is 2.30 bits per heavy atom. The Labute approximate surface area is 63.6 Å². The molecule has 0 spiro atoms. The SMILES string of the molecule is C=CC(=C)C1CCCCC1. The van der Waals surface area contributed by atoms with Crippen LogP contribution in [0, 0.1) is 5.92 Å². The van der Waals surface area contributed by atoms with Crippen molar-refractivity contribution in [2.75, 3.05) is 0 Å². The molecular formula is C10H16. The van der Waals surface area contributed by atoms with Crippen LogP contribution in [0.3, 0.4) is 0 Å². The quantitative estimate of drug-likeness (QED) is 0.511. The van der Waals surface area contributed by atoms with E-state index in [-0.39, 0.29) is 0 Å². The number of hydrogen-bond donors (Lipinski definition) is 0. The lowest BCUT2D eigenvalue weighted by molar-refractivity contribution is 0.409. The van der Waals surface area contributed by atoms with Gasteiger partial charge in [-0.3, -0.25) is 0 Å². The summed E-state index contributed by atoms with van der Waals surface area (Å²) >= 11 is 0. The molecule has 0 aromatic rings. The molecule has 1 rings (SSSR count). The molecule has 0 heteroatoms. The van der Waals surface area contributed by atoms with Crippen molar-refractivity contribution in [3.63, 3.8) is 0 Å². The molecular weight excluding hydrogens is 120 g/mol. The van der Waals surface area contributed by atoms with Crippen LogP contribution in [0.4, 0.5) is 0 Å². The van der Waals surface area contributed by atoms with Crippen LogP contribution >= 0.6 is 0 Å². The first-order valence-electron chi connectivity index (χ1n) is 4.16. The highest BCUT2D eigenvalue weighted by Gasteiger charge is 2.13. The fourth-order valence-electron chi connectivity index (χ4n) is 1.64. The lowest BCUT2D eigenvalue weighted by atomic mass is 9.84. The molecule has 1 aliphatic carbocycles. The van der Waals surface area contributed by atoms with Crippen LogP contribution < -0.4 is 0 Å². The molecule has 0 aliphatic heterocycles. The van der Waals surface area contributed by atoms with E-state index >= 15 is 0 Å². The predicted octanol–water partition coefficient (Wildman–Crippen LogP) is 3.31. The normalized spacial score (nSPS) is 20.4. The van der Waals surface area contributed by atoms with Crippen LogP contribution in [0.25, 0.3) is 0 Å². The van der Waals surface area contributed by atoms with Gasteiger partial charge in [-0.1, -0.05) is 44.1 Å². The highest BCUT2D eigenvalue weighted by Crippen LogP contribution is 2.28. The van der Waals surface area contributed by atoms with Crippen molar-refractivity contribution in [1.82, 2.24) is 0 Å². The van der Waals surface area contributed by atoms with Crippen LogP contribution in [-0.2, 0) is 0 Å². The highest BCUT2D eigenvalue weighted by molar-refractivity contribution is 5.15. The van der Waals surface area contributed by atoms with Gasteiger partial charge in [0.2, 0.25) is 0 Å². The van der Waals surface area contributed by atoms with E-state index in [0.717, 1.165) is 5.92 Å². The Hall–Kier alpha value is -0.520. The third-order valence-electron chi connectivity index (χ3n) is 2.39. The molecule has 0 saturated heterocycles. The Morgan fingerprint density at radius 2 is 1.80 bits per heavy atom. The summed E-state index contributed by atoms with van der Waals surface area (Å²) in [5.74, 6) is 0.756. The van der Waals surface area contributed by atoms with Crippen molar-refractivity contribution in [2.24, 2.45) is 5.92 Å². The van der Waals surface area contributed by atoms with Crippen LogP contribution in [0.15, 0.2) is 24.8 Å². The van der Waals surface area contributed by atoms with Crippen LogP contribution in [-0.4, -0.2) is 0 Å². The molecule has 1 saturated carbocycles. The summed E-state index contributed by atoms with van der Waals surface area (Å²) in [7, 11) is 0. The van der Waals surface area contributed by atoms with Gasteiger partial charge >= 0.3 is 0 Å². The van der Waals surface area contributed by atoms with E-state index in [0.29, 0.717) is 0 Å². The minimum absolute atomic E-state index is 0.756. The van der Waals surface area contributed by atoms with Crippen molar-refractivity contribution in [3.05, 3.63) is 24.8 Å². The van der Waals surface area contributed by atoms with Gasteiger partial charge in [-0.15, -0.1) is 0 Å². The molecule has 0 radical (unpaired) electrons. The summed E-state index contributed by atoms with van der Waals surface area (Å²) in [5, 5.41) is 0. The molecule has 0 nitrogen and oxygen atoms in total. The highest BCUT2D eigenvalue weighted by atomic mass is 14.2. The summed E-state index contributed by atoms with van der Waals surface area (Å²) < 4.78 is 0. The topological polar surface area (TPSA) is 0 Å². The molecule has 0 amide bonds. The third-order valence-corrected chi connectivity index (χ3v) is 2.39. The van der Waals surface area contributed by atoms with Gasteiger partial charge in [0, 0.05) is 0 Å². The van der Waals surface area contributed by atoms with Crippen LogP contribution in [0.5, 0.6) is 0 Å². The van der Waals surface area contributed by atoms with E-state index in [4.69, 9.17) is 0 Å². The fraction of sp³-hybridized carbons (Fsp3) is 0.600. The lowest BCUT2D eigenvalue weighted by Crippen LogP contribution is -2.06. The Balaban J connectivity index is 2.38. The molecule has 0 atom stereocenters. The van der Waals surface area contributed by atoms with Crippen molar-refractivity contribution in [3.8, 4) is 0 Å². The van der Waals surface area contributed by atoms with Gasteiger partial charge in [-0.25, -0.2) is 0 Å². The molecule has 0 aromatic carbocycles. The van der Waals surface area contributed by atoms with Gasteiger partial charge in [-0.05, 0) is 18.8 Å². The van der Waals surface area contributed by atoms with Gasteiger partial charge < -0.3 is 0 Å². The molecule has 1 aliphatic rings. The predicted molar refractivity (Wildman–Crippen MR) is 45.9 cm³/mol. The smallest absolute Gasteiger partial charge is 0.0168 e. The number of rotatable bonds is 2. The molecule has 0 unspecified atom stereocenters. The molecule has 0 bridgehead atoms. The van der Waals surface area contributed by atoms with E-state index in [1.54, 1.807) is 0 Å². The first-order valence-corrected chi connectivity index (χ1v) is 4.16. The van der Waals surface area contributed by atoms with E-state index in [2.05, 4.69) is 13.2 Å². The zero-order chi connectivity index (χ0) is 7.40. The van der Waals surface area contributed by atoms with Crippen molar-refractivity contribution >= 4 is 0 Å². The second-order valence-corrected chi connectivity index (χ2v) is 3.11. The van der Waals surface area contributed by atoms with Gasteiger partial charge in [0.25, 0.3) is 0 Å². The molecule has 56 valence electrons. The third kappa shape index (κ3) is 1.73. The van der Waals surface area contributed by atoms with Gasteiger partial charge in [-0.2, -0.15) is 0 Å². The zero-order valence-electron chi connectivity index (χ0n) is 6.60. The van der Waals surface area contributed by atoms with Gasteiger partial charge in [0.05, 0.1) is 0 Å². The maximum absolute atomic E-state index is 3.98. The lowest BCUT2D eigenvalue weighted by Gasteiger charge is -2.21. The van der Waals surface area contributed by atoms with Crippen LogP contribution in [0.1, 0.15) is 32.1 Å². The Morgan fingerprint density at radius 1 is 1.20 bits per heavy atom. The minimum Gasteiger partial charge on any atom is -0.0988 e. The minimum atomic E-state index is 0.756. The molecule has 0 heterocycles. The van der Waals surface area contributed by atoms with Gasteiger partial charge in [0.1, 0.15) is 0 Å². The largest absolute Gasteiger partial charge is 0.0988 e. The second-order valence-electron chi connectivity index (χ2n) is 3.11. The summed E-state index contributed by atoms with van der Waals surface area (Å²) in [6.07, 6.45) is 8.78. The average molecular weight is 136 g/mol. The molecule has 1 fully saturated rings. The average Bonchev–Trinajstić information content (AvgIpc) is 2.05. The molecule has 10 heavy (non-hydrogen) atoms. The van der Waals surface area contributed by atoms with Crippen LogP contribution in [0.2, 0.25) is 0 Å². The van der Waals surface area contributed by atoms with E-state index in [9.17, 15) is 0 Å². The van der Waals surface area contributed by atoms with E-state index in [1.807, 2.05) is 6.08 Å².